The van der Waals surface area contributed by atoms with Crippen LogP contribution < -0.4 is 5.32 Å². The molecule has 1 heterocycles. The number of nitrogens with one attached hydrogen (secondary N) is 1. The summed E-state index contributed by atoms with van der Waals surface area (Å²) in [5.41, 5.74) is 3.24. The molecule has 0 aliphatic carbocycles. The van der Waals surface area contributed by atoms with Gasteiger partial charge in [0.05, 0.1) is 17.2 Å². The molecule has 5 heteroatoms. The first-order chi connectivity index (χ1) is 8.58. The highest BCUT2D eigenvalue weighted by Crippen LogP contribution is 2.16. The van der Waals surface area contributed by atoms with Crippen LogP contribution in [0, 0.1) is 12.7 Å². The number of hydrogen-bond donors (Lipinski definition) is 1. The molecule has 1 N–H and O–H groups in total. The van der Waals surface area contributed by atoms with Crippen LogP contribution in [0.4, 0.5) is 4.39 Å². The minimum Gasteiger partial charge on any atom is -0.345 e. The van der Waals surface area contributed by atoms with E-state index in [1.54, 1.807) is 24.6 Å². The Bertz CT molecular complexity index is 550. The van der Waals surface area contributed by atoms with E-state index in [0.29, 0.717) is 4.88 Å². The van der Waals surface area contributed by atoms with Crippen LogP contribution in [0.3, 0.4) is 0 Å². The molecule has 0 unspecified atom stereocenters. The summed E-state index contributed by atoms with van der Waals surface area (Å²) in [6, 6.07) is 5.94. The van der Waals surface area contributed by atoms with E-state index in [4.69, 9.17) is 0 Å². The number of carbonyl (C=O) groups is 1. The first-order valence-electron chi connectivity index (χ1n) is 5.54. The molecule has 1 aromatic carbocycles. The zero-order valence-corrected chi connectivity index (χ0v) is 10.9. The fraction of sp³-hybridized carbons (Fsp3) is 0.231. The number of aromatic nitrogens is 1. The largest absolute Gasteiger partial charge is 0.345 e. The van der Waals surface area contributed by atoms with Gasteiger partial charge in [-0.2, -0.15) is 0 Å². The van der Waals surface area contributed by atoms with Gasteiger partial charge in [0, 0.05) is 0 Å². The number of hydrogen-bond acceptors (Lipinski definition) is 3. The standard InChI is InChI=1S/C13H13FN2OS/c1-8(10-3-5-11(14)6-4-10)16-13(17)12-9(2)15-7-18-12/h3-8H,1-2H3,(H,16,17)/t8-/m1/s1. The normalized spacial score (nSPS) is 12.2. The van der Waals surface area contributed by atoms with Crippen molar-refractivity contribution in [2.75, 3.05) is 0 Å². The molecule has 0 spiro atoms. The summed E-state index contributed by atoms with van der Waals surface area (Å²) < 4.78 is 12.8. The lowest BCUT2D eigenvalue weighted by Crippen LogP contribution is -2.26. The van der Waals surface area contributed by atoms with Crippen molar-refractivity contribution in [3.8, 4) is 0 Å². The van der Waals surface area contributed by atoms with Gasteiger partial charge in [0.1, 0.15) is 10.7 Å². The van der Waals surface area contributed by atoms with Crippen molar-refractivity contribution in [1.29, 1.82) is 0 Å². The summed E-state index contributed by atoms with van der Waals surface area (Å²) in [7, 11) is 0. The third kappa shape index (κ3) is 2.73. The maximum Gasteiger partial charge on any atom is 0.263 e. The minimum atomic E-state index is -0.282. The Morgan fingerprint density at radius 1 is 1.39 bits per heavy atom. The molecule has 94 valence electrons. The third-order valence-corrected chi connectivity index (χ3v) is 3.60. The van der Waals surface area contributed by atoms with Gasteiger partial charge in [-0.05, 0) is 31.5 Å². The smallest absolute Gasteiger partial charge is 0.263 e. The van der Waals surface area contributed by atoms with Gasteiger partial charge in [-0.25, -0.2) is 9.37 Å². The summed E-state index contributed by atoms with van der Waals surface area (Å²) in [5.74, 6) is -0.428. The van der Waals surface area contributed by atoms with Gasteiger partial charge >= 0.3 is 0 Å². The second kappa shape index (κ2) is 5.27. The Hall–Kier alpha value is -1.75. The molecule has 1 atom stereocenters. The van der Waals surface area contributed by atoms with Crippen LogP contribution in [0.2, 0.25) is 0 Å². The molecule has 3 nitrogen and oxygen atoms in total. The molecule has 2 aromatic rings. The van der Waals surface area contributed by atoms with Crippen molar-refractivity contribution in [3.05, 3.63) is 51.7 Å². The molecule has 1 amide bonds. The van der Waals surface area contributed by atoms with E-state index < -0.39 is 0 Å². The van der Waals surface area contributed by atoms with Crippen LogP contribution in [0.15, 0.2) is 29.8 Å². The number of amides is 1. The highest BCUT2D eigenvalue weighted by molar-refractivity contribution is 7.11. The number of aryl methyl sites for hydroxylation is 1. The number of halogens is 1. The lowest BCUT2D eigenvalue weighted by Gasteiger charge is -2.13. The number of benzene rings is 1. The monoisotopic (exact) mass is 264 g/mol. The van der Waals surface area contributed by atoms with Crippen LogP contribution in [0.1, 0.15) is 33.9 Å². The fourth-order valence-electron chi connectivity index (χ4n) is 1.62. The summed E-state index contributed by atoms with van der Waals surface area (Å²) in [6.45, 7) is 3.66. The highest BCUT2D eigenvalue weighted by Gasteiger charge is 2.15. The van der Waals surface area contributed by atoms with Crippen LogP contribution in [-0.4, -0.2) is 10.9 Å². The molecular formula is C13H13FN2OS. The predicted molar refractivity (Wildman–Crippen MR) is 69.1 cm³/mol. The first-order valence-corrected chi connectivity index (χ1v) is 6.42. The van der Waals surface area contributed by atoms with Crippen LogP contribution in [0.25, 0.3) is 0 Å². The minimum absolute atomic E-state index is 0.146. The van der Waals surface area contributed by atoms with E-state index in [0.717, 1.165) is 11.3 Å². The van der Waals surface area contributed by atoms with Gasteiger partial charge in [-0.3, -0.25) is 4.79 Å². The second-order valence-corrected chi connectivity index (χ2v) is 4.87. The number of nitrogens with zero attached hydrogens (tertiary/aromatic N) is 1. The number of thiazole rings is 1. The number of rotatable bonds is 3. The van der Waals surface area contributed by atoms with Crippen LogP contribution in [0.5, 0.6) is 0 Å². The fourth-order valence-corrected chi connectivity index (χ4v) is 2.32. The zero-order valence-electron chi connectivity index (χ0n) is 10.1. The van der Waals surface area contributed by atoms with Crippen molar-refractivity contribution in [3.63, 3.8) is 0 Å². The predicted octanol–water partition coefficient (Wildman–Crippen LogP) is 3.08. The van der Waals surface area contributed by atoms with Gasteiger partial charge in [0.25, 0.3) is 5.91 Å². The van der Waals surface area contributed by atoms with Crippen molar-refractivity contribution < 1.29 is 9.18 Å². The Balaban J connectivity index is 2.08. The van der Waals surface area contributed by atoms with Crippen molar-refractivity contribution in [2.24, 2.45) is 0 Å². The number of carbonyl (C=O) groups excluding carboxylic acids is 1. The quantitative estimate of drug-likeness (QED) is 0.925. The summed E-state index contributed by atoms with van der Waals surface area (Å²) >= 11 is 1.31. The Labute approximate surface area is 109 Å². The van der Waals surface area contributed by atoms with Crippen molar-refractivity contribution >= 4 is 17.2 Å². The average Bonchev–Trinajstić information content (AvgIpc) is 2.76. The van der Waals surface area contributed by atoms with E-state index in [-0.39, 0.29) is 17.8 Å². The van der Waals surface area contributed by atoms with E-state index in [1.807, 2.05) is 6.92 Å². The molecule has 18 heavy (non-hydrogen) atoms. The zero-order chi connectivity index (χ0) is 13.1. The molecule has 0 bridgehead atoms. The Morgan fingerprint density at radius 3 is 2.61 bits per heavy atom. The summed E-state index contributed by atoms with van der Waals surface area (Å²) in [5, 5.41) is 2.87. The SMILES string of the molecule is Cc1ncsc1C(=O)N[C@H](C)c1ccc(F)cc1. The molecular weight excluding hydrogens is 251 g/mol. The van der Waals surface area contributed by atoms with E-state index >= 15 is 0 Å². The summed E-state index contributed by atoms with van der Waals surface area (Å²) in [6.07, 6.45) is 0. The average molecular weight is 264 g/mol. The highest BCUT2D eigenvalue weighted by atomic mass is 32.1. The van der Waals surface area contributed by atoms with Gasteiger partial charge in [0.2, 0.25) is 0 Å². The van der Waals surface area contributed by atoms with E-state index in [1.165, 1.54) is 23.5 Å². The molecule has 0 fully saturated rings. The Morgan fingerprint density at radius 2 is 2.06 bits per heavy atom. The van der Waals surface area contributed by atoms with Crippen LogP contribution in [-0.2, 0) is 0 Å². The molecule has 0 aliphatic heterocycles. The van der Waals surface area contributed by atoms with Gasteiger partial charge in [0.15, 0.2) is 0 Å². The van der Waals surface area contributed by atoms with Gasteiger partial charge in [-0.15, -0.1) is 11.3 Å². The molecule has 2 rings (SSSR count). The van der Waals surface area contributed by atoms with Crippen LogP contribution >= 0.6 is 11.3 Å². The molecule has 0 aliphatic rings. The molecule has 0 saturated heterocycles. The third-order valence-electron chi connectivity index (χ3n) is 2.67. The van der Waals surface area contributed by atoms with E-state index in [2.05, 4.69) is 10.3 Å². The topological polar surface area (TPSA) is 42.0 Å². The maximum absolute atomic E-state index is 12.8. The van der Waals surface area contributed by atoms with Gasteiger partial charge < -0.3 is 5.32 Å². The lowest BCUT2D eigenvalue weighted by atomic mass is 10.1. The molecule has 1 aromatic heterocycles. The first kappa shape index (κ1) is 12.7. The molecule has 0 radical (unpaired) electrons. The van der Waals surface area contributed by atoms with Crippen molar-refractivity contribution in [1.82, 2.24) is 10.3 Å². The summed E-state index contributed by atoms with van der Waals surface area (Å²) in [4.78, 5) is 16.6. The maximum atomic E-state index is 12.8. The van der Waals surface area contributed by atoms with Gasteiger partial charge in [-0.1, -0.05) is 12.1 Å². The Kier molecular flexibility index (Phi) is 3.72. The van der Waals surface area contributed by atoms with E-state index in [9.17, 15) is 9.18 Å². The lowest BCUT2D eigenvalue weighted by molar-refractivity contribution is 0.0943. The second-order valence-electron chi connectivity index (χ2n) is 4.01. The van der Waals surface area contributed by atoms with Crippen molar-refractivity contribution in [2.45, 2.75) is 19.9 Å². The molecule has 0 saturated carbocycles.